The van der Waals surface area contributed by atoms with Gasteiger partial charge in [-0.05, 0) is 24.3 Å². The number of nitro benzene ring substituents is 1. The number of amides is 1. The van der Waals surface area contributed by atoms with Crippen molar-refractivity contribution in [2.24, 2.45) is 0 Å². The van der Waals surface area contributed by atoms with Gasteiger partial charge in [-0.2, -0.15) is 0 Å². The minimum absolute atomic E-state index is 0.0501. The number of nitrogens with zero attached hydrogens (tertiary/aromatic N) is 1. The summed E-state index contributed by atoms with van der Waals surface area (Å²) < 4.78 is 0. The number of phenols is 1. The van der Waals surface area contributed by atoms with Crippen LogP contribution in [0.1, 0.15) is 10.4 Å². The second kappa shape index (κ2) is 5.99. The third kappa shape index (κ3) is 3.24. The van der Waals surface area contributed by atoms with Gasteiger partial charge in [-0.25, -0.2) is 0 Å². The van der Waals surface area contributed by atoms with Crippen LogP contribution in [0.25, 0.3) is 0 Å². The van der Waals surface area contributed by atoms with E-state index in [0.717, 1.165) is 12.1 Å². The molecule has 0 radical (unpaired) electrons. The van der Waals surface area contributed by atoms with Gasteiger partial charge in [0.05, 0.1) is 20.7 Å². The minimum atomic E-state index is -0.745. The maximum Gasteiger partial charge on any atom is 0.310 e. The molecule has 1 amide bonds. The van der Waals surface area contributed by atoms with E-state index in [-0.39, 0.29) is 15.6 Å². The molecule has 2 aromatic rings. The number of benzene rings is 2. The summed E-state index contributed by atoms with van der Waals surface area (Å²) >= 11 is 11.8. The van der Waals surface area contributed by atoms with Crippen molar-refractivity contribution in [3.8, 4) is 5.75 Å². The lowest BCUT2D eigenvalue weighted by Gasteiger charge is -2.08. The Kier molecular flexibility index (Phi) is 4.30. The summed E-state index contributed by atoms with van der Waals surface area (Å²) in [5, 5.41) is 23.1. The molecule has 2 N–H and O–H groups in total. The molecule has 2 aromatic carbocycles. The number of anilines is 1. The summed E-state index contributed by atoms with van der Waals surface area (Å²) in [6.07, 6.45) is 0. The molecular weight excluding hydrogens is 319 g/mol. The summed E-state index contributed by atoms with van der Waals surface area (Å²) in [5.74, 6) is -1.17. The summed E-state index contributed by atoms with van der Waals surface area (Å²) in [7, 11) is 0. The van der Waals surface area contributed by atoms with Gasteiger partial charge in [0.15, 0.2) is 5.75 Å². The van der Waals surface area contributed by atoms with Gasteiger partial charge < -0.3 is 10.4 Å². The Labute approximate surface area is 129 Å². The maximum absolute atomic E-state index is 12.0. The molecule has 2 rings (SSSR count). The van der Waals surface area contributed by atoms with Crippen molar-refractivity contribution < 1.29 is 14.8 Å². The van der Waals surface area contributed by atoms with Gasteiger partial charge in [0, 0.05) is 11.6 Å². The van der Waals surface area contributed by atoms with E-state index in [1.165, 1.54) is 6.07 Å². The maximum atomic E-state index is 12.0. The Balaban J connectivity index is 2.27. The average Bonchev–Trinajstić information content (AvgIpc) is 2.43. The monoisotopic (exact) mass is 326 g/mol. The normalized spacial score (nSPS) is 10.2. The van der Waals surface area contributed by atoms with Crippen LogP contribution < -0.4 is 5.32 Å². The van der Waals surface area contributed by atoms with Gasteiger partial charge >= 0.3 is 5.69 Å². The highest BCUT2D eigenvalue weighted by Crippen LogP contribution is 2.31. The van der Waals surface area contributed by atoms with Crippen molar-refractivity contribution in [1.82, 2.24) is 0 Å². The zero-order valence-corrected chi connectivity index (χ0v) is 11.9. The lowest BCUT2D eigenvalue weighted by Crippen LogP contribution is -2.12. The SMILES string of the molecule is O=C(Nc1cccc(Cl)c1Cl)c1ccc([N+](=O)[O-])c(O)c1. The van der Waals surface area contributed by atoms with Gasteiger partial charge in [-0.1, -0.05) is 29.3 Å². The second-order valence-electron chi connectivity index (χ2n) is 4.02. The third-order valence-electron chi connectivity index (χ3n) is 2.63. The van der Waals surface area contributed by atoms with E-state index in [0.29, 0.717) is 5.69 Å². The zero-order chi connectivity index (χ0) is 15.6. The second-order valence-corrected chi connectivity index (χ2v) is 4.80. The predicted molar refractivity (Wildman–Crippen MR) is 79.2 cm³/mol. The summed E-state index contributed by atoms with van der Waals surface area (Å²) in [6.45, 7) is 0. The predicted octanol–water partition coefficient (Wildman–Crippen LogP) is 3.86. The number of halogens is 2. The molecule has 0 bridgehead atoms. The number of carbonyl (C=O) groups excluding carboxylic acids is 1. The Morgan fingerprint density at radius 3 is 2.57 bits per heavy atom. The Morgan fingerprint density at radius 2 is 1.95 bits per heavy atom. The van der Waals surface area contributed by atoms with E-state index >= 15 is 0 Å². The number of nitrogens with one attached hydrogen (secondary N) is 1. The summed E-state index contributed by atoms with van der Waals surface area (Å²) in [6, 6.07) is 8.01. The van der Waals surface area contributed by atoms with Crippen molar-refractivity contribution >= 4 is 40.5 Å². The molecule has 0 unspecified atom stereocenters. The highest BCUT2D eigenvalue weighted by Gasteiger charge is 2.17. The fourth-order valence-corrected chi connectivity index (χ4v) is 1.96. The highest BCUT2D eigenvalue weighted by molar-refractivity contribution is 6.44. The molecule has 0 fully saturated rings. The van der Waals surface area contributed by atoms with E-state index < -0.39 is 22.3 Å². The van der Waals surface area contributed by atoms with Crippen LogP contribution in [0.2, 0.25) is 10.0 Å². The van der Waals surface area contributed by atoms with E-state index in [2.05, 4.69) is 5.32 Å². The van der Waals surface area contributed by atoms with E-state index in [1.807, 2.05) is 0 Å². The van der Waals surface area contributed by atoms with Crippen LogP contribution in [0, 0.1) is 10.1 Å². The molecule has 0 aromatic heterocycles. The molecule has 0 aliphatic carbocycles. The molecular formula is C13H8Cl2N2O4. The molecule has 0 spiro atoms. The quantitative estimate of drug-likeness (QED) is 0.661. The molecule has 6 nitrogen and oxygen atoms in total. The minimum Gasteiger partial charge on any atom is -0.502 e. The van der Waals surface area contributed by atoms with Gasteiger partial charge in [0.25, 0.3) is 5.91 Å². The van der Waals surface area contributed by atoms with Gasteiger partial charge in [0.1, 0.15) is 0 Å². The first kappa shape index (κ1) is 15.1. The average molecular weight is 327 g/mol. The van der Waals surface area contributed by atoms with Crippen LogP contribution >= 0.6 is 23.2 Å². The molecule has 0 atom stereocenters. The molecule has 0 saturated heterocycles. The Morgan fingerprint density at radius 1 is 1.24 bits per heavy atom. The Hall–Kier alpha value is -2.31. The number of phenolic OH excluding ortho intramolecular Hbond substituents is 1. The number of hydrogen-bond donors (Lipinski definition) is 2. The molecule has 0 aliphatic heterocycles. The van der Waals surface area contributed by atoms with Crippen molar-refractivity contribution in [2.45, 2.75) is 0 Å². The molecule has 8 heteroatoms. The van der Waals surface area contributed by atoms with Crippen molar-refractivity contribution in [2.75, 3.05) is 5.32 Å². The van der Waals surface area contributed by atoms with Crippen LogP contribution in [0.4, 0.5) is 11.4 Å². The topological polar surface area (TPSA) is 92.5 Å². The van der Waals surface area contributed by atoms with E-state index in [9.17, 15) is 20.0 Å². The van der Waals surface area contributed by atoms with Crippen LogP contribution in [-0.2, 0) is 0 Å². The number of aromatic hydroxyl groups is 1. The summed E-state index contributed by atoms with van der Waals surface area (Å²) in [4.78, 5) is 21.9. The fourth-order valence-electron chi connectivity index (χ4n) is 1.61. The number of rotatable bonds is 3. The van der Waals surface area contributed by atoms with E-state index in [1.54, 1.807) is 18.2 Å². The van der Waals surface area contributed by atoms with E-state index in [4.69, 9.17) is 23.2 Å². The number of nitro groups is 1. The highest BCUT2D eigenvalue weighted by atomic mass is 35.5. The van der Waals surface area contributed by atoms with Crippen LogP contribution in [0.15, 0.2) is 36.4 Å². The van der Waals surface area contributed by atoms with Crippen molar-refractivity contribution in [3.05, 3.63) is 62.1 Å². The van der Waals surface area contributed by atoms with Crippen LogP contribution in [-0.4, -0.2) is 15.9 Å². The third-order valence-corrected chi connectivity index (χ3v) is 3.45. The first-order valence-electron chi connectivity index (χ1n) is 5.63. The lowest BCUT2D eigenvalue weighted by atomic mass is 10.1. The number of carbonyl (C=O) groups is 1. The van der Waals surface area contributed by atoms with Gasteiger partial charge in [0.2, 0.25) is 0 Å². The molecule has 0 heterocycles. The fraction of sp³-hybridized carbons (Fsp3) is 0. The molecule has 0 aliphatic rings. The first-order valence-corrected chi connectivity index (χ1v) is 6.38. The van der Waals surface area contributed by atoms with Crippen molar-refractivity contribution in [3.63, 3.8) is 0 Å². The molecule has 21 heavy (non-hydrogen) atoms. The molecule has 0 saturated carbocycles. The largest absolute Gasteiger partial charge is 0.502 e. The van der Waals surface area contributed by atoms with Crippen molar-refractivity contribution in [1.29, 1.82) is 0 Å². The van der Waals surface area contributed by atoms with Gasteiger partial charge in [-0.3, -0.25) is 14.9 Å². The molecule has 108 valence electrons. The van der Waals surface area contributed by atoms with Gasteiger partial charge in [-0.15, -0.1) is 0 Å². The van der Waals surface area contributed by atoms with Crippen LogP contribution in [0.5, 0.6) is 5.75 Å². The standard InChI is InChI=1S/C13H8Cl2N2O4/c14-8-2-1-3-9(12(8)15)16-13(19)7-4-5-10(17(20)21)11(18)6-7/h1-6,18H,(H,16,19). The Bertz CT molecular complexity index is 734. The lowest BCUT2D eigenvalue weighted by molar-refractivity contribution is -0.385. The van der Waals surface area contributed by atoms with Crippen LogP contribution in [0.3, 0.4) is 0 Å². The zero-order valence-electron chi connectivity index (χ0n) is 10.3. The summed E-state index contributed by atoms with van der Waals surface area (Å²) in [5.41, 5.74) is -0.131. The first-order chi connectivity index (χ1) is 9.90. The smallest absolute Gasteiger partial charge is 0.310 e. The number of hydrogen-bond acceptors (Lipinski definition) is 4.